The van der Waals surface area contributed by atoms with Crippen LogP contribution < -0.4 is 14.8 Å². The molecule has 1 aliphatic heterocycles. The number of hydrogen-bond acceptors (Lipinski definition) is 4. The molecule has 1 heterocycles. The SMILES string of the molecule is COc1ccc(OC)c(NC(=O)N2CCN(Cc3cccc(C)c3)CC2)c1. The maximum atomic E-state index is 12.6. The second-order valence-corrected chi connectivity index (χ2v) is 6.75. The van der Waals surface area contributed by atoms with Gasteiger partial charge in [-0.25, -0.2) is 4.79 Å². The number of nitrogens with one attached hydrogen (secondary N) is 1. The van der Waals surface area contributed by atoms with Crippen molar-refractivity contribution < 1.29 is 14.3 Å². The Hall–Kier alpha value is -2.73. The number of anilines is 1. The van der Waals surface area contributed by atoms with Gasteiger partial charge in [0.2, 0.25) is 0 Å². The molecule has 0 aliphatic carbocycles. The third-order valence-corrected chi connectivity index (χ3v) is 4.80. The third-order valence-electron chi connectivity index (χ3n) is 4.80. The van der Waals surface area contributed by atoms with Crippen LogP contribution in [0.3, 0.4) is 0 Å². The van der Waals surface area contributed by atoms with E-state index in [-0.39, 0.29) is 6.03 Å². The summed E-state index contributed by atoms with van der Waals surface area (Å²) >= 11 is 0. The maximum absolute atomic E-state index is 12.6. The van der Waals surface area contributed by atoms with Crippen molar-refractivity contribution in [3.63, 3.8) is 0 Å². The van der Waals surface area contributed by atoms with Crippen LogP contribution >= 0.6 is 0 Å². The van der Waals surface area contributed by atoms with E-state index in [0.29, 0.717) is 30.3 Å². The second-order valence-electron chi connectivity index (χ2n) is 6.75. The summed E-state index contributed by atoms with van der Waals surface area (Å²) in [5, 5.41) is 2.94. The van der Waals surface area contributed by atoms with Crippen molar-refractivity contribution in [1.29, 1.82) is 0 Å². The summed E-state index contributed by atoms with van der Waals surface area (Å²) in [5.41, 5.74) is 3.20. The summed E-state index contributed by atoms with van der Waals surface area (Å²) in [6.45, 7) is 6.14. The van der Waals surface area contributed by atoms with E-state index in [9.17, 15) is 4.79 Å². The Kier molecular flexibility index (Phi) is 6.19. The van der Waals surface area contributed by atoms with Crippen molar-refractivity contribution in [1.82, 2.24) is 9.80 Å². The molecule has 1 saturated heterocycles. The van der Waals surface area contributed by atoms with Crippen LogP contribution in [-0.2, 0) is 6.54 Å². The Morgan fingerprint density at radius 3 is 2.48 bits per heavy atom. The summed E-state index contributed by atoms with van der Waals surface area (Å²) in [6.07, 6.45) is 0. The molecule has 0 spiro atoms. The zero-order valence-electron chi connectivity index (χ0n) is 16.2. The lowest BCUT2D eigenvalue weighted by atomic mass is 10.1. The first-order chi connectivity index (χ1) is 13.1. The number of piperazine rings is 1. The lowest BCUT2D eigenvalue weighted by molar-refractivity contribution is 0.143. The topological polar surface area (TPSA) is 54.0 Å². The van der Waals surface area contributed by atoms with Gasteiger partial charge >= 0.3 is 6.03 Å². The molecule has 6 nitrogen and oxygen atoms in total. The van der Waals surface area contributed by atoms with Gasteiger partial charge in [0, 0.05) is 38.8 Å². The van der Waals surface area contributed by atoms with Crippen molar-refractivity contribution in [3.8, 4) is 11.5 Å². The number of benzene rings is 2. The molecule has 1 fully saturated rings. The van der Waals surface area contributed by atoms with Crippen molar-refractivity contribution in [2.75, 3.05) is 45.7 Å². The van der Waals surface area contributed by atoms with Gasteiger partial charge in [-0.1, -0.05) is 29.8 Å². The third kappa shape index (κ3) is 4.92. The van der Waals surface area contributed by atoms with E-state index in [1.807, 2.05) is 4.90 Å². The second kappa shape index (κ2) is 8.77. The Morgan fingerprint density at radius 1 is 1.04 bits per heavy atom. The molecule has 0 bridgehead atoms. The molecule has 0 saturated carbocycles. The quantitative estimate of drug-likeness (QED) is 0.878. The number of nitrogens with zero attached hydrogens (tertiary/aromatic N) is 2. The molecule has 2 aromatic rings. The van der Waals surface area contributed by atoms with E-state index in [0.717, 1.165) is 19.6 Å². The van der Waals surface area contributed by atoms with Crippen LogP contribution in [0.25, 0.3) is 0 Å². The molecule has 2 aromatic carbocycles. The molecule has 2 amide bonds. The van der Waals surface area contributed by atoms with E-state index in [4.69, 9.17) is 9.47 Å². The van der Waals surface area contributed by atoms with Crippen molar-refractivity contribution in [2.24, 2.45) is 0 Å². The Bertz CT molecular complexity index is 786. The van der Waals surface area contributed by atoms with E-state index in [1.54, 1.807) is 32.4 Å². The van der Waals surface area contributed by atoms with Gasteiger partial charge in [-0.15, -0.1) is 0 Å². The maximum Gasteiger partial charge on any atom is 0.322 e. The molecule has 6 heteroatoms. The number of ether oxygens (including phenoxy) is 2. The average molecular weight is 369 g/mol. The highest BCUT2D eigenvalue weighted by atomic mass is 16.5. The number of hydrogen-bond donors (Lipinski definition) is 1. The molecule has 1 aliphatic rings. The van der Waals surface area contributed by atoms with E-state index in [1.165, 1.54) is 11.1 Å². The number of amides is 2. The fourth-order valence-electron chi connectivity index (χ4n) is 3.28. The first-order valence-corrected chi connectivity index (χ1v) is 9.15. The number of carbonyl (C=O) groups excluding carboxylic acids is 1. The fraction of sp³-hybridized carbons (Fsp3) is 0.381. The largest absolute Gasteiger partial charge is 0.497 e. The standard InChI is InChI=1S/C21H27N3O3/c1-16-5-4-6-17(13-16)15-23-9-11-24(12-10-23)21(25)22-19-14-18(26-2)7-8-20(19)27-3/h4-8,13-14H,9-12,15H2,1-3H3,(H,22,25). The Morgan fingerprint density at radius 2 is 1.81 bits per heavy atom. The Labute approximate surface area is 160 Å². The minimum absolute atomic E-state index is 0.114. The molecule has 27 heavy (non-hydrogen) atoms. The van der Waals surface area contributed by atoms with Gasteiger partial charge in [0.05, 0.1) is 19.9 Å². The molecule has 1 N–H and O–H groups in total. The summed E-state index contributed by atoms with van der Waals surface area (Å²) in [6, 6.07) is 13.8. The zero-order valence-corrected chi connectivity index (χ0v) is 16.2. The predicted octanol–water partition coefficient (Wildman–Crippen LogP) is 3.36. The first kappa shape index (κ1) is 19.0. The lowest BCUT2D eigenvalue weighted by Gasteiger charge is -2.34. The lowest BCUT2D eigenvalue weighted by Crippen LogP contribution is -2.49. The highest BCUT2D eigenvalue weighted by Crippen LogP contribution is 2.29. The van der Waals surface area contributed by atoms with Crippen molar-refractivity contribution >= 4 is 11.7 Å². The van der Waals surface area contributed by atoms with E-state index in [2.05, 4.69) is 41.4 Å². The number of aryl methyl sites for hydroxylation is 1. The Balaban J connectivity index is 1.56. The summed E-state index contributed by atoms with van der Waals surface area (Å²) < 4.78 is 10.6. The van der Waals surface area contributed by atoms with Crippen LogP contribution in [0.1, 0.15) is 11.1 Å². The van der Waals surface area contributed by atoms with Gasteiger partial charge in [0.15, 0.2) is 0 Å². The van der Waals surface area contributed by atoms with Crippen LogP contribution in [0.5, 0.6) is 11.5 Å². The van der Waals surface area contributed by atoms with Gasteiger partial charge in [-0.3, -0.25) is 4.90 Å². The average Bonchev–Trinajstić information content (AvgIpc) is 2.68. The number of urea groups is 1. The monoisotopic (exact) mass is 369 g/mol. The first-order valence-electron chi connectivity index (χ1n) is 9.15. The van der Waals surface area contributed by atoms with Crippen molar-refractivity contribution in [2.45, 2.75) is 13.5 Å². The van der Waals surface area contributed by atoms with Gasteiger partial charge < -0.3 is 19.7 Å². The smallest absolute Gasteiger partial charge is 0.322 e. The van der Waals surface area contributed by atoms with E-state index < -0.39 is 0 Å². The molecule has 3 rings (SSSR count). The summed E-state index contributed by atoms with van der Waals surface area (Å²) in [5.74, 6) is 1.29. The highest BCUT2D eigenvalue weighted by Gasteiger charge is 2.22. The molecule has 0 unspecified atom stereocenters. The van der Waals surface area contributed by atoms with Crippen LogP contribution in [0.2, 0.25) is 0 Å². The van der Waals surface area contributed by atoms with Crippen LogP contribution in [-0.4, -0.2) is 56.2 Å². The van der Waals surface area contributed by atoms with Gasteiger partial charge in [0.1, 0.15) is 11.5 Å². The molecule has 0 radical (unpaired) electrons. The zero-order chi connectivity index (χ0) is 19.2. The normalized spacial score (nSPS) is 14.7. The highest BCUT2D eigenvalue weighted by molar-refractivity contribution is 5.91. The number of rotatable bonds is 5. The van der Waals surface area contributed by atoms with Crippen molar-refractivity contribution in [3.05, 3.63) is 53.6 Å². The van der Waals surface area contributed by atoms with E-state index >= 15 is 0 Å². The minimum atomic E-state index is -0.114. The predicted molar refractivity (Wildman–Crippen MR) is 107 cm³/mol. The number of carbonyl (C=O) groups is 1. The van der Waals surface area contributed by atoms with Gasteiger partial charge in [-0.05, 0) is 24.6 Å². The summed E-state index contributed by atoms with van der Waals surface area (Å²) in [4.78, 5) is 16.9. The molecular formula is C21H27N3O3. The minimum Gasteiger partial charge on any atom is -0.497 e. The van der Waals surface area contributed by atoms with Crippen LogP contribution in [0, 0.1) is 6.92 Å². The van der Waals surface area contributed by atoms with Gasteiger partial charge in [-0.2, -0.15) is 0 Å². The fourth-order valence-corrected chi connectivity index (χ4v) is 3.28. The molecule has 0 atom stereocenters. The molecular weight excluding hydrogens is 342 g/mol. The van der Waals surface area contributed by atoms with Crippen LogP contribution in [0.4, 0.5) is 10.5 Å². The van der Waals surface area contributed by atoms with Crippen LogP contribution in [0.15, 0.2) is 42.5 Å². The summed E-state index contributed by atoms with van der Waals surface area (Å²) in [7, 11) is 3.18. The number of methoxy groups -OCH3 is 2. The van der Waals surface area contributed by atoms with Gasteiger partial charge in [0.25, 0.3) is 0 Å². The molecule has 144 valence electrons. The molecule has 0 aromatic heterocycles.